The van der Waals surface area contributed by atoms with Crippen molar-refractivity contribution >= 4 is 11.5 Å². The Balaban J connectivity index is 2.07. The minimum absolute atomic E-state index is 0.0942. The second-order valence-corrected chi connectivity index (χ2v) is 4.46. The fourth-order valence-electron chi connectivity index (χ4n) is 2.23. The van der Waals surface area contributed by atoms with Crippen LogP contribution in [0.2, 0.25) is 0 Å². The predicted molar refractivity (Wildman–Crippen MR) is 72.2 cm³/mol. The molecule has 0 spiro atoms. The number of aromatic nitrogens is 1. The van der Waals surface area contributed by atoms with Crippen LogP contribution in [0.3, 0.4) is 0 Å². The Morgan fingerprint density at radius 2 is 1.95 bits per heavy atom. The highest BCUT2D eigenvalue weighted by Gasteiger charge is 2.29. The van der Waals surface area contributed by atoms with Crippen LogP contribution in [0.5, 0.6) is 5.75 Å². The Morgan fingerprint density at radius 1 is 1.20 bits per heavy atom. The normalized spacial score (nSPS) is 20.1. The molecular weight excluding hydrogens is 256 g/mol. The van der Waals surface area contributed by atoms with Crippen LogP contribution in [0.15, 0.2) is 53.9 Å². The maximum absolute atomic E-state index is 12.3. The molecule has 3 rings (SSSR count). The third-order valence-electron chi connectivity index (χ3n) is 3.24. The Kier molecular flexibility index (Phi) is 3.16. The Morgan fingerprint density at radius 3 is 2.70 bits per heavy atom. The number of hydrogen-bond donors (Lipinski definition) is 1. The number of carbonyl (C=O) groups is 1. The molecule has 0 bridgehead atoms. The van der Waals surface area contributed by atoms with Crippen LogP contribution >= 0.6 is 0 Å². The Labute approximate surface area is 115 Å². The van der Waals surface area contributed by atoms with Gasteiger partial charge in [-0.25, -0.2) is 0 Å². The number of benzene rings is 1. The van der Waals surface area contributed by atoms with Crippen LogP contribution in [0.25, 0.3) is 0 Å². The maximum atomic E-state index is 12.3. The van der Waals surface area contributed by atoms with Crippen LogP contribution in [0, 0.1) is 0 Å². The van der Waals surface area contributed by atoms with E-state index in [4.69, 9.17) is 9.94 Å². The average Bonchev–Trinajstić information content (AvgIpc) is 2.65. The van der Waals surface area contributed by atoms with Gasteiger partial charge in [0.15, 0.2) is 0 Å². The molecule has 2 heterocycles. The van der Waals surface area contributed by atoms with E-state index in [1.807, 2.05) is 12.1 Å². The summed E-state index contributed by atoms with van der Waals surface area (Å²) in [5.41, 5.74) is 1.39. The van der Waals surface area contributed by atoms with Crippen molar-refractivity contribution in [1.82, 2.24) is 4.98 Å². The van der Waals surface area contributed by atoms with E-state index in [-0.39, 0.29) is 24.0 Å². The average molecular weight is 268 g/mol. The molecule has 0 saturated carbocycles. The zero-order valence-electron chi connectivity index (χ0n) is 10.6. The van der Waals surface area contributed by atoms with Gasteiger partial charge < -0.3 is 9.94 Å². The molecule has 5 nitrogen and oxygen atoms in total. The summed E-state index contributed by atoms with van der Waals surface area (Å²) >= 11 is 0. The van der Waals surface area contributed by atoms with E-state index in [0.29, 0.717) is 11.3 Å². The van der Waals surface area contributed by atoms with Crippen LogP contribution in [0.1, 0.15) is 28.4 Å². The molecule has 1 N–H and O–H groups in total. The van der Waals surface area contributed by atoms with Crippen LogP contribution in [-0.4, -0.2) is 21.7 Å². The summed E-state index contributed by atoms with van der Waals surface area (Å²) < 4.78 is 5.90. The summed E-state index contributed by atoms with van der Waals surface area (Å²) in [7, 11) is 0. The molecule has 1 aromatic heterocycles. The van der Waals surface area contributed by atoms with Crippen molar-refractivity contribution in [2.45, 2.75) is 12.5 Å². The number of fused-ring (bicyclic) bond motifs is 1. The Hall–Kier alpha value is -2.69. The van der Waals surface area contributed by atoms with E-state index in [1.165, 1.54) is 0 Å². The number of nitrogens with zero attached hydrogens (tertiary/aromatic N) is 2. The van der Waals surface area contributed by atoms with Crippen molar-refractivity contribution in [2.24, 2.45) is 5.16 Å². The van der Waals surface area contributed by atoms with Gasteiger partial charge >= 0.3 is 0 Å². The molecular formula is C15H12N2O3. The summed E-state index contributed by atoms with van der Waals surface area (Å²) in [6.07, 6.45) is 3.16. The third-order valence-corrected chi connectivity index (χ3v) is 3.24. The second kappa shape index (κ2) is 5.13. The van der Waals surface area contributed by atoms with Crippen molar-refractivity contribution < 1.29 is 14.7 Å². The van der Waals surface area contributed by atoms with Gasteiger partial charge in [-0.2, -0.15) is 0 Å². The van der Waals surface area contributed by atoms with E-state index in [9.17, 15) is 4.79 Å². The standard InChI is InChI=1S/C15H12N2O3/c18-15-11-3-1-2-4-13(11)20-14(9-12(15)17-19)10-5-7-16-8-6-10/h1-8,14,19H,9H2/b17-12+. The van der Waals surface area contributed by atoms with E-state index < -0.39 is 0 Å². The first-order chi connectivity index (χ1) is 9.79. The first-order valence-electron chi connectivity index (χ1n) is 6.21. The molecule has 2 aromatic rings. The molecule has 1 unspecified atom stereocenters. The number of carbonyl (C=O) groups excluding carboxylic acids is 1. The minimum Gasteiger partial charge on any atom is -0.485 e. The van der Waals surface area contributed by atoms with Gasteiger partial charge in [0.1, 0.15) is 17.6 Å². The van der Waals surface area contributed by atoms with Crippen molar-refractivity contribution in [2.75, 3.05) is 0 Å². The number of ether oxygens (including phenoxy) is 1. The molecule has 1 aliphatic rings. The van der Waals surface area contributed by atoms with E-state index >= 15 is 0 Å². The summed E-state index contributed by atoms with van der Waals surface area (Å²) in [5, 5.41) is 12.2. The molecule has 1 atom stereocenters. The van der Waals surface area contributed by atoms with Gasteiger partial charge in [0.25, 0.3) is 0 Å². The van der Waals surface area contributed by atoms with Crippen molar-refractivity contribution in [3.8, 4) is 5.75 Å². The minimum atomic E-state index is -0.378. The van der Waals surface area contributed by atoms with Gasteiger partial charge in [0.05, 0.1) is 5.56 Å². The first kappa shape index (κ1) is 12.3. The molecule has 100 valence electrons. The summed E-state index contributed by atoms with van der Waals surface area (Å²) in [6.45, 7) is 0. The van der Waals surface area contributed by atoms with E-state index in [0.717, 1.165) is 5.56 Å². The predicted octanol–water partition coefficient (Wildman–Crippen LogP) is 2.62. The smallest absolute Gasteiger partial charge is 0.214 e. The zero-order chi connectivity index (χ0) is 13.9. The first-order valence-corrected chi connectivity index (χ1v) is 6.21. The van der Waals surface area contributed by atoms with Crippen molar-refractivity contribution in [1.29, 1.82) is 0 Å². The molecule has 0 saturated heterocycles. The lowest BCUT2D eigenvalue weighted by Gasteiger charge is -2.16. The molecule has 1 aliphatic heterocycles. The van der Waals surface area contributed by atoms with Gasteiger partial charge in [-0.1, -0.05) is 17.3 Å². The SMILES string of the molecule is O=C1/C(=N/O)CC(c2ccncc2)Oc2ccccc21. The fourth-order valence-corrected chi connectivity index (χ4v) is 2.23. The van der Waals surface area contributed by atoms with Crippen LogP contribution in [-0.2, 0) is 0 Å². The maximum Gasteiger partial charge on any atom is 0.214 e. The van der Waals surface area contributed by atoms with Gasteiger partial charge in [0.2, 0.25) is 5.78 Å². The quantitative estimate of drug-likeness (QED) is 0.637. The zero-order valence-corrected chi connectivity index (χ0v) is 10.6. The van der Waals surface area contributed by atoms with Gasteiger partial charge in [-0.3, -0.25) is 9.78 Å². The molecule has 0 amide bonds. The lowest BCUT2D eigenvalue weighted by Crippen LogP contribution is -2.16. The van der Waals surface area contributed by atoms with E-state index in [1.54, 1.807) is 36.7 Å². The molecule has 1 aromatic carbocycles. The molecule has 0 aliphatic carbocycles. The highest BCUT2D eigenvalue weighted by Crippen LogP contribution is 2.32. The highest BCUT2D eigenvalue weighted by atomic mass is 16.5. The number of para-hydroxylation sites is 1. The lowest BCUT2D eigenvalue weighted by molar-refractivity contribution is 0.106. The van der Waals surface area contributed by atoms with Gasteiger partial charge in [0, 0.05) is 18.8 Å². The van der Waals surface area contributed by atoms with Crippen LogP contribution in [0.4, 0.5) is 0 Å². The van der Waals surface area contributed by atoms with Gasteiger partial charge in [-0.05, 0) is 29.8 Å². The van der Waals surface area contributed by atoms with Gasteiger partial charge in [-0.15, -0.1) is 0 Å². The summed E-state index contributed by atoms with van der Waals surface area (Å²) in [5.74, 6) is 0.192. The van der Waals surface area contributed by atoms with Crippen molar-refractivity contribution in [3.05, 3.63) is 59.9 Å². The lowest BCUT2D eigenvalue weighted by atomic mass is 10.0. The number of rotatable bonds is 1. The third kappa shape index (κ3) is 2.14. The summed E-state index contributed by atoms with van der Waals surface area (Å²) in [6, 6.07) is 10.6. The van der Waals surface area contributed by atoms with Crippen LogP contribution < -0.4 is 4.74 Å². The summed E-state index contributed by atoms with van der Waals surface area (Å²) in [4.78, 5) is 16.2. The Bertz CT molecular complexity index is 668. The number of pyridine rings is 1. The fraction of sp³-hybridized carbons (Fsp3) is 0.133. The van der Waals surface area contributed by atoms with E-state index in [2.05, 4.69) is 10.1 Å². The number of hydrogen-bond acceptors (Lipinski definition) is 5. The second-order valence-electron chi connectivity index (χ2n) is 4.46. The number of Topliss-reactive ketones (excluding diaryl/α,β-unsaturated/α-hetero) is 1. The molecule has 0 fully saturated rings. The highest BCUT2D eigenvalue weighted by molar-refractivity contribution is 6.46. The molecule has 5 heteroatoms. The largest absolute Gasteiger partial charge is 0.485 e. The van der Waals surface area contributed by atoms with Crippen molar-refractivity contribution in [3.63, 3.8) is 0 Å². The molecule has 0 radical (unpaired) electrons. The number of oxime groups is 1. The number of ketones is 1. The molecule has 20 heavy (non-hydrogen) atoms. The topological polar surface area (TPSA) is 71.8 Å². The monoisotopic (exact) mass is 268 g/mol.